The zero-order valence-electron chi connectivity index (χ0n) is 17.5. The number of hydrogen-bond acceptors (Lipinski definition) is 5. The van der Waals surface area contributed by atoms with E-state index >= 15 is 0 Å². The molecule has 1 atom stereocenters. The summed E-state index contributed by atoms with van der Waals surface area (Å²) < 4.78 is 30.3. The molecule has 0 aliphatic carbocycles. The van der Waals surface area contributed by atoms with Crippen molar-refractivity contribution in [2.24, 2.45) is 0 Å². The Bertz CT molecular complexity index is 1320. The molecule has 0 N–H and O–H groups in total. The first-order valence-electron chi connectivity index (χ1n) is 10.9. The standard InChI is InChI=1S/C23H23N5O3S/c29-22-7-6-17-12-20(13-18-8-11-27(22)23(17)18)32(30,31)26-10-9-19(14-26)28-15-21(24-25-28)16-4-2-1-3-5-16/h1-5,12-13,15,19H,6-11,14H2. The van der Waals surface area contributed by atoms with Crippen molar-refractivity contribution in [1.82, 2.24) is 19.3 Å². The van der Waals surface area contributed by atoms with Crippen LogP contribution >= 0.6 is 0 Å². The number of amides is 1. The van der Waals surface area contributed by atoms with Crippen molar-refractivity contribution in [3.63, 3.8) is 0 Å². The van der Waals surface area contributed by atoms with Crippen molar-refractivity contribution >= 4 is 21.6 Å². The van der Waals surface area contributed by atoms with Gasteiger partial charge in [0.05, 0.1) is 22.8 Å². The Kier molecular flexibility index (Phi) is 4.44. The molecule has 3 aliphatic rings. The molecule has 1 amide bonds. The molecular formula is C23H23N5O3S. The maximum Gasteiger partial charge on any atom is 0.243 e. The molecule has 1 saturated heterocycles. The van der Waals surface area contributed by atoms with E-state index in [0.717, 1.165) is 28.1 Å². The molecule has 1 aromatic heterocycles. The highest BCUT2D eigenvalue weighted by Gasteiger charge is 2.37. The molecule has 9 heteroatoms. The molecule has 3 aliphatic heterocycles. The van der Waals surface area contributed by atoms with Crippen LogP contribution in [0.5, 0.6) is 0 Å². The smallest absolute Gasteiger partial charge is 0.243 e. The Morgan fingerprint density at radius 2 is 1.75 bits per heavy atom. The maximum absolute atomic E-state index is 13.5. The van der Waals surface area contributed by atoms with Crippen LogP contribution < -0.4 is 4.90 Å². The summed E-state index contributed by atoms with van der Waals surface area (Å²) in [5, 5.41) is 8.54. The van der Waals surface area contributed by atoms with E-state index in [2.05, 4.69) is 10.3 Å². The lowest BCUT2D eigenvalue weighted by Gasteiger charge is -2.26. The van der Waals surface area contributed by atoms with Crippen LogP contribution in [0.3, 0.4) is 0 Å². The van der Waals surface area contributed by atoms with E-state index in [9.17, 15) is 13.2 Å². The van der Waals surface area contributed by atoms with Crippen molar-refractivity contribution in [2.75, 3.05) is 24.5 Å². The maximum atomic E-state index is 13.5. The highest BCUT2D eigenvalue weighted by Crippen LogP contribution is 2.39. The number of hydrogen-bond donors (Lipinski definition) is 0. The molecule has 1 fully saturated rings. The van der Waals surface area contributed by atoms with Crippen molar-refractivity contribution in [3.05, 3.63) is 59.8 Å². The molecule has 3 aromatic rings. The average Bonchev–Trinajstić information content (AvgIpc) is 3.56. The van der Waals surface area contributed by atoms with Crippen LogP contribution in [0.25, 0.3) is 11.3 Å². The molecular weight excluding hydrogens is 426 g/mol. The summed E-state index contributed by atoms with van der Waals surface area (Å²) in [7, 11) is -3.62. The Morgan fingerprint density at radius 1 is 0.969 bits per heavy atom. The van der Waals surface area contributed by atoms with Gasteiger partial charge >= 0.3 is 0 Å². The van der Waals surface area contributed by atoms with Crippen LogP contribution in [0.1, 0.15) is 30.0 Å². The van der Waals surface area contributed by atoms with Gasteiger partial charge in [0.2, 0.25) is 15.9 Å². The first-order valence-corrected chi connectivity index (χ1v) is 12.4. The van der Waals surface area contributed by atoms with Crippen molar-refractivity contribution in [1.29, 1.82) is 0 Å². The Labute approximate surface area is 186 Å². The predicted octanol–water partition coefficient (Wildman–Crippen LogP) is 2.42. The fourth-order valence-electron chi connectivity index (χ4n) is 5.07. The van der Waals surface area contributed by atoms with E-state index in [0.29, 0.717) is 50.2 Å². The SMILES string of the molecule is O=C1CCc2cc(S(=O)(=O)N3CCC(n4cc(-c5ccccc5)nn4)C3)cc3c2N1CC3. The second-order valence-corrected chi connectivity index (χ2v) is 10.6. The number of carbonyl (C=O) groups is 1. The summed E-state index contributed by atoms with van der Waals surface area (Å²) in [4.78, 5) is 14.3. The van der Waals surface area contributed by atoms with Gasteiger partial charge in [0, 0.05) is 31.6 Å². The van der Waals surface area contributed by atoms with Crippen LogP contribution in [0.2, 0.25) is 0 Å². The van der Waals surface area contributed by atoms with Crippen molar-refractivity contribution < 1.29 is 13.2 Å². The molecule has 4 heterocycles. The highest BCUT2D eigenvalue weighted by atomic mass is 32.2. The normalized spacial score (nSPS) is 20.7. The van der Waals surface area contributed by atoms with Gasteiger partial charge in [0.25, 0.3) is 0 Å². The van der Waals surface area contributed by atoms with Gasteiger partial charge in [-0.3, -0.25) is 4.79 Å². The van der Waals surface area contributed by atoms with Crippen LogP contribution in [0.4, 0.5) is 5.69 Å². The Hall–Kier alpha value is -3.04. The summed E-state index contributed by atoms with van der Waals surface area (Å²) in [6.45, 7) is 1.47. The third-order valence-electron chi connectivity index (χ3n) is 6.74. The molecule has 8 nitrogen and oxygen atoms in total. The molecule has 0 saturated carbocycles. The van der Waals surface area contributed by atoms with E-state index in [1.807, 2.05) is 41.4 Å². The van der Waals surface area contributed by atoms with Gasteiger partial charge in [-0.1, -0.05) is 35.5 Å². The zero-order valence-corrected chi connectivity index (χ0v) is 18.3. The molecule has 0 spiro atoms. The second kappa shape index (κ2) is 7.25. The minimum Gasteiger partial charge on any atom is -0.312 e. The van der Waals surface area contributed by atoms with E-state index in [1.165, 1.54) is 0 Å². The van der Waals surface area contributed by atoms with Crippen molar-refractivity contribution in [2.45, 2.75) is 36.6 Å². The monoisotopic (exact) mass is 449 g/mol. The van der Waals surface area contributed by atoms with Gasteiger partial charge in [-0.2, -0.15) is 4.31 Å². The predicted molar refractivity (Wildman–Crippen MR) is 119 cm³/mol. The third-order valence-corrected chi connectivity index (χ3v) is 8.59. The summed E-state index contributed by atoms with van der Waals surface area (Å²) in [5.41, 5.74) is 4.64. The molecule has 32 heavy (non-hydrogen) atoms. The number of rotatable bonds is 4. The highest BCUT2D eigenvalue weighted by molar-refractivity contribution is 7.89. The van der Waals surface area contributed by atoms with Gasteiger partial charge in [-0.15, -0.1) is 5.10 Å². The largest absolute Gasteiger partial charge is 0.312 e. The van der Waals surface area contributed by atoms with Gasteiger partial charge < -0.3 is 4.90 Å². The van der Waals surface area contributed by atoms with Gasteiger partial charge in [-0.25, -0.2) is 13.1 Å². The van der Waals surface area contributed by atoms with E-state index in [-0.39, 0.29) is 11.9 Å². The molecule has 0 bridgehead atoms. The Balaban J connectivity index is 1.25. The molecule has 0 radical (unpaired) electrons. The van der Waals surface area contributed by atoms with Crippen LogP contribution in [-0.4, -0.2) is 53.3 Å². The lowest BCUT2D eigenvalue weighted by atomic mass is 10.00. The van der Waals surface area contributed by atoms with E-state index < -0.39 is 10.0 Å². The number of nitrogens with zero attached hydrogens (tertiary/aromatic N) is 5. The zero-order chi connectivity index (χ0) is 21.9. The summed E-state index contributed by atoms with van der Waals surface area (Å²) >= 11 is 0. The molecule has 1 unspecified atom stereocenters. The van der Waals surface area contributed by atoms with Crippen LogP contribution in [0.15, 0.2) is 53.6 Å². The lowest BCUT2D eigenvalue weighted by molar-refractivity contribution is -0.118. The lowest BCUT2D eigenvalue weighted by Crippen LogP contribution is -2.33. The first-order chi connectivity index (χ1) is 15.5. The minimum atomic E-state index is -3.62. The first kappa shape index (κ1) is 19.6. The Morgan fingerprint density at radius 3 is 2.56 bits per heavy atom. The second-order valence-electron chi connectivity index (χ2n) is 8.64. The van der Waals surface area contributed by atoms with Crippen molar-refractivity contribution in [3.8, 4) is 11.3 Å². The summed E-state index contributed by atoms with van der Waals surface area (Å²) in [6.07, 6.45) is 4.34. The fourth-order valence-corrected chi connectivity index (χ4v) is 6.66. The molecule has 164 valence electrons. The molecule has 6 rings (SSSR count). The third kappa shape index (κ3) is 3.07. The number of aromatic nitrogens is 3. The number of benzene rings is 2. The quantitative estimate of drug-likeness (QED) is 0.610. The van der Waals surface area contributed by atoms with Gasteiger partial charge in [-0.05, 0) is 42.5 Å². The van der Waals surface area contributed by atoms with Crippen LogP contribution in [0, 0.1) is 0 Å². The number of carbonyl (C=O) groups excluding carboxylic acids is 1. The number of anilines is 1. The minimum absolute atomic E-state index is 0.0457. The number of sulfonamides is 1. The summed E-state index contributed by atoms with van der Waals surface area (Å²) in [6, 6.07) is 13.3. The van der Waals surface area contributed by atoms with Gasteiger partial charge in [0.15, 0.2) is 0 Å². The summed E-state index contributed by atoms with van der Waals surface area (Å²) in [5.74, 6) is 0.136. The molecule has 2 aromatic carbocycles. The number of aryl methyl sites for hydroxylation is 1. The van der Waals surface area contributed by atoms with E-state index in [1.54, 1.807) is 21.1 Å². The van der Waals surface area contributed by atoms with Gasteiger partial charge in [0.1, 0.15) is 5.69 Å². The fraction of sp³-hybridized carbons (Fsp3) is 0.348. The average molecular weight is 450 g/mol. The van der Waals surface area contributed by atoms with Crippen LogP contribution in [-0.2, 0) is 27.7 Å². The topological polar surface area (TPSA) is 88.4 Å². The van der Waals surface area contributed by atoms with E-state index in [4.69, 9.17) is 0 Å².